The van der Waals surface area contributed by atoms with E-state index >= 15 is 0 Å². The number of urea groups is 1. The molecular formula is C16H10BrF4N3O. The molecule has 2 amide bonds. The summed E-state index contributed by atoms with van der Waals surface area (Å²) in [6.45, 7) is 0. The molecule has 4 nitrogen and oxygen atoms in total. The van der Waals surface area contributed by atoms with Gasteiger partial charge < -0.3 is 15.6 Å². The largest absolute Gasteiger partial charge is 0.416 e. The summed E-state index contributed by atoms with van der Waals surface area (Å²) in [6, 6.07) is 6.21. The minimum atomic E-state index is -4.44. The van der Waals surface area contributed by atoms with Crippen molar-refractivity contribution >= 4 is 44.2 Å². The van der Waals surface area contributed by atoms with Crippen molar-refractivity contribution in [1.29, 1.82) is 0 Å². The van der Waals surface area contributed by atoms with Crippen LogP contribution in [0.25, 0.3) is 10.9 Å². The summed E-state index contributed by atoms with van der Waals surface area (Å²) in [7, 11) is 0. The zero-order chi connectivity index (χ0) is 18.2. The second-order valence-corrected chi connectivity index (χ2v) is 6.02. The SMILES string of the molecule is O=C(Nc1ccc(C(F)(F)F)cc1)Nc1c[nH]c2cc(F)c(Br)cc12. The molecule has 3 aromatic rings. The van der Waals surface area contributed by atoms with Crippen molar-refractivity contribution in [2.24, 2.45) is 0 Å². The van der Waals surface area contributed by atoms with E-state index in [2.05, 4.69) is 31.5 Å². The highest BCUT2D eigenvalue weighted by molar-refractivity contribution is 9.10. The lowest BCUT2D eigenvalue weighted by Gasteiger charge is -2.09. The fourth-order valence-corrected chi connectivity index (χ4v) is 2.59. The number of fused-ring (bicyclic) bond motifs is 1. The van der Waals surface area contributed by atoms with Crippen LogP contribution in [0.1, 0.15) is 5.56 Å². The Kier molecular flexibility index (Phi) is 4.42. The van der Waals surface area contributed by atoms with Crippen LogP contribution >= 0.6 is 15.9 Å². The Morgan fingerprint density at radius 1 is 1.08 bits per heavy atom. The van der Waals surface area contributed by atoms with Crippen LogP contribution in [0.15, 0.2) is 47.1 Å². The highest BCUT2D eigenvalue weighted by atomic mass is 79.9. The van der Waals surface area contributed by atoms with Gasteiger partial charge in [-0.05, 0) is 52.3 Å². The number of hydrogen-bond donors (Lipinski definition) is 3. The number of halogens is 5. The highest BCUT2D eigenvalue weighted by Crippen LogP contribution is 2.30. The summed E-state index contributed by atoms with van der Waals surface area (Å²) in [5, 5.41) is 5.57. The van der Waals surface area contributed by atoms with Gasteiger partial charge in [0.25, 0.3) is 0 Å². The number of aromatic nitrogens is 1. The fraction of sp³-hybridized carbons (Fsp3) is 0.0625. The van der Waals surface area contributed by atoms with Crippen LogP contribution in [0, 0.1) is 5.82 Å². The summed E-state index contributed by atoms with van der Waals surface area (Å²) in [6.07, 6.45) is -2.95. The maximum Gasteiger partial charge on any atom is 0.416 e. The van der Waals surface area contributed by atoms with Gasteiger partial charge in [0.2, 0.25) is 0 Å². The van der Waals surface area contributed by atoms with Crippen LogP contribution < -0.4 is 10.6 Å². The molecule has 1 aromatic heterocycles. The van der Waals surface area contributed by atoms with E-state index in [9.17, 15) is 22.4 Å². The lowest BCUT2D eigenvalue weighted by molar-refractivity contribution is -0.137. The second-order valence-electron chi connectivity index (χ2n) is 5.17. The maximum absolute atomic E-state index is 13.5. The van der Waals surface area contributed by atoms with Crippen LogP contribution in [0.2, 0.25) is 0 Å². The molecule has 9 heteroatoms. The predicted molar refractivity (Wildman–Crippen MR) is 90.0 cm³/mol. The highest BCUT2D eigenvalue weighted by Gasteiger charge is 2.30. The zero-order valence-corrected chi connectivity index (χ0v) is 13.9. The molecule has 0 atom stereocenters. The lowest BCUT2D eigenvalue weighted by Crippen LogP contribution is -2.19. The summed E-state index contributed by atoms with van der Waals surface area (Å²) in [5.74, 6) is -0.449. The van der Waals surface area contributed by atoms with E-state index in [1.165, 1.54) is 18.3 Å². The molecule has 2 aromatic carbocycles. The average Bonchev–Trinajstić information content (AvgIpc) is 2.89. The van der Waals surface area contributed by atoms with Crippen molar-refractivity contribution in [3.05, 3.63) is 58.4 Å². The molecule has 3 N–H and O–H groups in total. The van der Waals surface area contributed by atoms with Crippen molar-refractivity contribution < 1.29 is 22.4 Å². The van der Waals surface area contributed by atoms with Crippen LogP contribution in [0.3, 0.4) is 0 Å². The topological polar surface area (TPSA) is 56.9 Å². The Morgan fingerprint density at radius 2 is 1.76 bits per heavy atom. The average molecular weight is 416 g/mol. The minimum absolute atomic E-state index is 0.206. The van der Waals surface area contributed by atoms with Crippen LogP contribution in [-0.2, 0) is 6.18 Å². The number of aromatic amines is 1. The third-order valence-corrected chi connectivity index (χ3v) is 4.05. The number of carbonyl (C=O) groups is 1. The number of benzene rings is 2. The van der Waals surface area contributed by atoms with E-state index in [1.54, 1.807) is 0 Å². The van der Waals surface area contributed by atoms with Crippen molar-refractivity contribution in [1.82, 2.24) is 4.98 Å². The molecule has 0 saturated heterocycles. The number of amides is 2. The van der Waals surface area contributed by atoms with Crippen molar-refractivity contribution in [2.45, 2.75) is 6.18 Å². The normalized spacial score (nSPS) is 11.6. The quantitative estimate of drug-likeness (QED) is 0.459. The van der Waals surface area contributed by atoms with Gasteiger partial charge in [-0.25, -0.2) is 9.18 Å². The standard InChI is InChI=1S/C16H10BrF4N3O/c17-11-5-10-13(6-12(11)18)22-7-14(10)24-15(25)23-9-3-1-8(2-4-9)16(19,20)21/h1-7,22H,(H2,23,24,25). The first-order valence-corrected chi connectivity index (χ1v) is 7.75. The summed E-state index contributed by atoms with van der Waals surface area (Å²) < 4.78 is 51.2. The number of nitrogens with one attached hydrogen (secondary N) is 3. The maximum atomic E-state index is 13.5. The Balaban J connectivity index is 1.74. The van der Waals surface area contributed by atoms with Gasteiger partial charge in [0.15, 0.2) is 0 Å². The van der Waals surface area contributed by atoms with Gasteiger partial charge in [0, 0.05) is 17.3 Å². The lowest BCUT2D eigenvalue weighted by atomic mass is 10.2. The molecule has 25 heavy (non-hydrogen) atoms. The second kappa shape index (κ2) is 6.40. The van der Waals surface area contributed by atoms with Crippen LogP contribution in [-0.4, -0.2) is 11.0 Å². The molecule has 0 aliphatic heterocycles. The Hall–Kier alpha value is -2.55. The molecule has 0 spiro atoms. The van der Waals surface area contributed by atoms with Gasteiger partial charge in [-0.1, -0.05) is 0 Å². The summed E-state index contributed by atoms with van der Waals surface area (Å²) >= 11 is 3.07. The van der Waals surface area contributed by atoms with Gasteiger partial charge in [-0.2, -0.15) is 13.2 Å². The molecule has 0 unspecified atom stereocenters. The molecule has 0 saturated carbocycles. The smallest absolute Gasteiger partial charge is 0.359 e. The van der Waals surface area contributed by atoms with E-state index in [4.69, 9.17) is 0 Å². The fourth-order valence-electron chi connectivity index (χ4n) is 2.25. The number of anilines is 2. The number of rotatable bonds is 2. The monoisotopic (exact) mass is 415 g/mol. The minimum Gasteiger partial charge on any atom is -0.359 e. The molecular weight excluding hydrogens is 406 g/mol. The molecule has 130 valence electrons. The van der Waals surface area contributed by atoms with Crippen LogP contribution in [0.5, 0.6) is 0 Å². The van der Waals surface area contributed by atoms with Gasteiger partial charge in [0.1, 0.15) is 5.82 Å². The zero-order valence-electron chi connectivity index (χ0n) is 12.3. The molecule has 1 heterocycles. The number of H-pyrrole nitrogens is 1. The van der Waals surface area contributed by atoms with Gasteiger partial charge in [0.05, 0.1) is 21.2 Å². The van der Waals surface area contributed by atoms with Crippen molar-refractivity contribution in [2.75, 3.05) is 10.6 Å². The van der Waals surface area contributed by atoms with E-state index in [0.717, 1.165) is 24.3 Å². The summed E-state index contributed by atoms with van der Waals surface area (Å²) in [5.41, 5.74) is 0.296. The van der Waals surface area contributed by atoms with E-state index in [0.29, 0.717) is 16.6 Å². The third kappa shape index (κ3) is 3.76. The molecule has 0 radical (unpaired) electrons. The molecule has 0 bridgehead atoms. The Bertz CT molecular complexity index is 935. The number of hydrogen-bond acceptors (Lipinski definition) is 1. The van der Waals surface area contributed by atoms with E-state index in [-0.39, 0.29) is 10.2 Å². The van der Waals surface area contributed by atoms with Crippen LogP contribution in [0.4, 0.5) is 33.7 Å². The van der Waals surface area contributed by atoms with Crippen molar-refractivity contribution in [3.8, 4) is 0 Å². The Morgan fingerprint density at radius 3 is 2.40 bits per heavy atom. The molecule has 0 fully saturated rings. The number of alkyl halides is 3. The Labute approximate surface area is 147 Å². The van der Waals surface area contributed by atoms with Crippen molar-refractivity contribution in [3.63, 3.8) is 0 Å². The predicted octanol–water partition coefficient (Wildman–Crippen LogP) is 5.73. The van der Waals surface area contributed by atoms with E-state index < -0.39 is 23.6 Å². The third-order valence-electron chi connectivity index (χ3n) is 3.44. The van der Waals surface area contributed by atoms with E-state index in [1.807, 2.05) is 0 Å². The van der Waals surface area contributed by atoms with Gasteiger partial charge >= 0.3 is 12.2 Å². The number of carbonyl (C=O) groups excluding carboxylic acids is 1. The van der Waals surface area contributed by atoms with Gasteiger partial charge in [-0.3, -0.25) is 0 Å². The molecule has 0 aliphatic carbocycles. The molecule has 3 rings (SSSR count). The molecule has 0 aliphatic rings. The first kappa shape index (κ1) is 17.3. The first-order valence-electron chi connectivity index (χ1n) is 6.95. The summed E-state index contributed by atoms with van der Waals surface area (Å²) in [4.78, 5) is 14.8. The van der Waals surface area contributed by atoms with Gasteiger partial charge in [-0.15, -0.1) is 0 Å². The first-order chi connectivity index (χ1) is 11.7.